The van der Waals surface area contributed by atoms with Crippen molar-refractivity contribution in [3.8, 4) is 0 Å². The summed E-state index contributed by atoms with van der Waals surface area (Å²) in [6.07, 6.45) is -1.41. The number of halogens is 1. The Morgan fingerprint density at radius 2 is 2.06 bits per heavy atom. The third kappa shape index (κ3) is 2.85. The van der Waals surface area contributed by atoms with Crippen LogP contribution in [-0.2, 0) is 6.54 Å². The molecule has 1 aromatic rings. The number of hydrogen-bond donors (Lipinski definition) is 4. The molecule has 0 aromatic carbocycles. The highest BCUT2D eigenvalue weighted by atomic mass is 35.5. The van der Waals surface area contributed by atoms with Gasteiger partial charge < -0.3 is 15.6 Å². The average Bonchev–Trinajstić information content (AvgIpc) is 2.61. The molecule has 1 aliphatic rings. The van der Waals surface area contributed by atoms with Gasteiger partial charge in [-0.3, -0.25) is 4.90 Å². The molecule has 2 atom stereocenters. The Morgan fingerprint density at radius 3 is 2.65 bits per heavy atom. The van der Waals surface area contributed by atoms with Crippen LogP contribution in [0, 0.1) is 0 Å². The van der Waals surface area contributed by atoms with Crippen molar-refractivity contribution in [1.82, 2.24) is 9.88 Å². The number of anilines is 1. The van der Waals surface area contributed by atoms with E-state index in [2.05, 4.69) is 10.4 Å². The highest BCUT2D eigenvalue weighted by Crippen LogP contribution is 2.20. The number of aliphatic hydroxyl groups excluding tert-OH is 2. The number of pyridine rings is 1. The second-order valence-corrected chi connectivity index (χ2v) is 4.51. The molecule has 1 saturated heterocycles. The van der Waals surface area contributed by atoms with Crippen molar-refractivity contribution in [2.24, 2.45) is 5.84 Å². The van der Waals surface area contributed by atoms with Gasteiger partial charge in [0.05, 0.1) is 22.9 Å². The van der Waals surface area contributed by atoms with E-state index in [0.29, 0.717) is 36.2 Å². The smallest absolute Gasteiger partial charge is 0.140 e. The number of nitrogens with one attached hydrogen (secondary N) is 1. The summed E-state index contributed by atoms with van der Waals surface area (Å²) in [5, 5.41) is 19.4. The van der Waals surface area contributed by atoms with Gasteiger partial charge >= 0.3 is 0 Å². The van der Waals surface area contributed by atoms with Crippen molar-refractivity contribution in [2.45, 2.75) is 18.8 Å². The van der Waals surface area contributed by atoms with Gasteiger partial charge in [0.2, 0.25) is 0 Å². The zero-order valence-corrected chi connectivity index (χ0v) is 9.93. The molecule has 0 bridgehead atoms. The summed E-state index contributed by atoms with van der Waals surface area (Å²) >= 11 is 6.02. The van der Waals surface area contributed by atoms with Crippen LogP contribution in [0.25, 0.3) is 0 Å². The average molecular weight is 259 g/mol. The second kappa shape index (κ2) is 5.16. The lowest BCUT2D eigenvalue weighted by molar-refractivity contribution is 0.0572. The minimum Gasteiger partial charge on any atom is -0.389 e. The molecule has 0 saturated carbocycles. The molecule has 0 spiro atoms. The maximum Gasteiger partial charge on any atom is 0.140 e. The molecule has 17 heavy (non-hydrogen) atoms. The van der Waals surface area contributed by atoms with E-state index in [0.717, 1.165) is 0 Å². The molecule has 6 nitrogen and oxygen atoms in total. The minimum atomic E-state index is -0.704. The molecule has 2 unspecified atom stereocenters. The van der Waals surface area contributed by atoms with E-state index in [1.807, 2.05) is 4.90 Å². The van der Waals surface area contributed by atoms with Crippen molar-refractivity contribution >= 4 is 17.4 Å². The zero-order chi connectivity index (χ0) is 12.4. The number of nitrogens with zero attached hydrogens (tertiary/aromatic N) is 2. The molecule has 1 aliphatic heterocycles. The fraction of sp³-hybridized carbons (Fsp3) is 0.500. The molecule has 2 heterocycles. The summed E-state index contributed by atoms with van der Waals surface area (Å²) < 4.78 is 0. The first-order valence-electron chi connectivity index (χ1n) is 5.30. The van der Waals surface area contributed by atoms with Crippen LogP contribution in [0.4, 0.5) is 5.82 Å². The molecular formula is C10H15ClN4O2. The first-order valence-corrected chi connectivity index (χ1v) is 5.68. The van der Waals surface area contributed by atoms with Crippen molar-refractivity contribution in [1.29, 1.82) is 0 Å². The molecule has 0 amide bonds. The monoisotopic (exact) mass is 258 g/mol. The number of rotatable bonds is 3. The first-order chi connectivity index (χ1) is 8.10. The summed E-state index contributed by atoms with van der Waals surface area (Å²) in [4.78, 5) is 6.12. The van der Waals surface area contributed by atoms with E-state index in [1.54, 1.807) is 12.1 Å². The molecule has 0 radical (unpaired) electrons. The van der Waals surface area contributed by atoms with E-state index in [-0.39, 0.29) is 0 Å². The third-order valence-electron chi connectivity index (χ3n) is 2.77. The molecule has 1 aromatic heterocycles. The largest absolute Gasteiger partial charge is 0.389 e. The van der Waals surface area contributed by atoms with E-state index >= 15 is 0 Å². The van der Waals surface area contributed by atoms with Crippen LogP contribution < -0.4 is 11.3 Å². The summed E-state index contributed by atoms with van der Waals surface area (Å²) in [7, 11) is 0. The Kier molecular flexibility index (Phi) is 3.80. The van der Waals surface area contributed by atoms with Crippen LogP contribution in [-0.4, -0.2) is 45.4 Å². The van der Waals surface area contributed by atoms with E-state index in [1.165, 1.54) is 0 Å². The number of hydrazine groups is 1. The Balaban J connectivity index is 2.08. The normalized spacial score (nSPS) is 25.2. The number of hydrogen-bond acceptors (Lipinski definition) is 6. The minimum absolute atomic E-state index is 0.416. The highest BCUT2D eigenvalue weighted by Gasteiger charge is 2.29. The van der Waals surface area contributed by atoms with E-state index in [4.69, 9.17) is 17.4 Å². The molecular weight excluding hydrogens is 244 g/mol. The predicted octanol–water partition coefficient (Wildman–Crippen LogP) is -0.442. The van der Waals surface area contributed by atoms with Gasteiger partial charge in [-0.1, -0.05) is 11.6 Å². The molecule has 1 fully saturated rings. The lowest BCUT2D eigenvalue weighted by atomic mass is 10.3. The molecule has 2 rings (SSSR count). The van der Waals surface area contributed by atoms with Gasteiger partial charge in [-0.15, -0.1) is 0 Å². The number of nitrogens with two attached hydrogens (primary N) is 1. The zero-order valence-electron chi connectivity index (χ0n) is 9.17. The number of likely N-dealkylation sites (tertiary alicyclic amines) is 1. The van der Waals surface area contributed by atoms with Crippen molar-refractivity contribution < 1.29 is 10.2 Å². The predicted molar refractivity (Wildman–Crippen MR) is 64.3 cm³/mol. The molecule has 7 heteroatoms. The summed E-state index contributed by atoms with van der Waals surface area (Å²) in [6, 6.07) is 3.39. The van der Waals surface area contributed by atoms with Crippen LogP contribution in [0.1, 0.15) is 5.69 Å². The van der Waals surface area contributed by atoms with Gasteiger partial charge in [0.15, 0.2) is 0 Å². The molecule has 94 valence electrons. The van der Waals surface area contributed by atoms with Gasteiger partial charge in [-0.2, -0.15) is 0 Å². The fourth-order valence-corrected chi connectivity index (χ4v) is 2.03. The summed E-state index contributed by atoms with van der Waals surface area (Å²) in [6.45, 7) is 1.31. The van der Waals surface area contributed by atoms with Crippen LogP contribution >= 0.6 is 11.6 Å². The Labute approximate surface area is 104 Å². The van der Waals surface area contributed by atoms with Gasteiger partial charge in [-0.25, -0.2) is 10.8 Å². The highest BCUT2D eigenvalue weighted by molar-refractivity contribution is 6.31. The van der Waals surface area contributed by atoms with Gasteiger partial charge in [0.25, 0.3) is 0 Å². The van der Waals surface area contributed by atoms with Crippen LogP contribution in [0.15, 0.2) is 12.1 Å². The number of aromatic nitrogens is 1. The van der Waals surface area contributed by atoms with Crippen LogP contribution in [0.3, 0.4) is 0 Å². The van der Waals surface area contributed by atoms with Crippen molar-refractivity contribution in [2.75, 3.05) is 18.5 Å². The maximum absolute atomic E-state index is 9.44. The topological polar surface area (TPSA) is 94.6 Å². The van der Waals surface area contributed by atoms with Gasteiger partial charge in [0, 0.05) is 19.6 Å². The van der Waals surface area contributed by atoms with E-state index in [9.17, 15) is 10.2 Å². The Bertz CT molecular complexity index is 394. The van der Waals surface area contributed by atoms with E-state index < -0.39 is 12.2 Å². The lowest BCUT2D eigenvalue weighted by Gasteiger charge is -2.15. The number of aliphatic hydroxyl groups is 2. The second-order valence-electron chi connectivity index (χ2n) is 4.10. The lowest BCUT2D eigenvalue weighted by Crippen LogP contribution is -2.22. The SMILES string of the molecule is NNc1ccc(Cl)c(CN2CC(O)C(O)C2)n1. The third-order valence-corrected chi connectivity index (χ3v) is 3.12. The van der Waals surface area contributed by atoms with Crippen molar-refractivity contribution in [3.63, 3.8) is 0 Å². The Morgan fingerprint density at radius 1 is 1.41 bits per heavy atom. The molecule has 5 N–H and O–H groups in total. The first kappa shape index (κ1) is 12.5. The van der Waals surface area contributed by atoms with Crippen LogP contribution in [0.5, 0.6) is 0 Å². The van der Waals surface area contributed by atoms with Gasteiger partial charge in [-0.05, 0) is 12.1 Å². The standard InChI is InChI=1S/C10H15ClN4O2/c11-6-1-2-10(14-12)13-7(6)3-15-4-8(16)9(17)5-15/h1-2,8-9,16-17H,3-5,12H2,(H,13,14). The maximum atomic E-state index is 9.44. The summed E-state index contributed by atoms with van der Waals surface area (Å²) in [5.74, 6) is 5.80. The van der Waals surface area contributed by atoms with Gasteiger partial charge in [0.1, 0.15) is 5.82 Å². The van der Waals surface area contributed by atoms with Crippen molar-refractivity contribution in [3.05, 3.63) is 22.8 Å². The summed E-state index contributed by atoms with van der Waals surface area (Å²) in [5.41, 5.74) is 3.12. The van der Waals surface area contributed by atoms with Crippen LogP contribution in [0.2, 0.25) is 5.02 Å². The fourth-order valence-electron chi connectivity index (χ4n) is 1.86. The number of nitrogen functional groups attached to an aromatic ring is 1. The number of β-amino-alcohol motifs (C(OH)–C–C–N with tert-alkyl or cyclic N) is 2. The Hall–Kier alpha value is -0.920. The quantitative estimate of drug-likeness (QED) is 0.434. The molecule has 0 aliphatic carbocycles.